The van der Waals surface area contributed by atoms with E-state index in [4.69, 9.17) is 16.3 Å². The molecule has 0 saturated heterocycles. The third-order valence-corrected chi connectivity index (χ3v) is 3.34. The van der Waals surface area contributed by atoms with Gasteiger partial charge in [0.25, 0.3) is 0 Å². The van der Waals surface area contributed by atoms with Gasteiger partial charge in [-0.15, -0.1) is 0 Å². The maximum absolute atomic E-state index is 13.6. The van der Waals surface area contributed by atoms with Crippen LogP contribution in [0.2, 0.25) is 5.02 Å². The Labute approximate surface area is 122 Å². The third-order valence-electron chi connectivity index (χ3n) is 3.05. The van der Waals surface area contributed by atoms with Crippen LogP contribution >= 0.6 is 11.6 Å². The van der Waals surface area contributed by atoms with Crippen molar-refractivity contribution < 1.29 is 14.2 Å². The normalized spacial score (nSPS) is 12.3. The summed E-state index contributed by atoms with van der Waals surface area (Å²) in [4.78, 5) is 0. The van der Waals surface area contributed by atoms with E-state index in [2.05, 4.69) is 0 Å². The fourth-order valence-electron chi connectivity index (χ4n) is 1.89. The van der Waals surface area contributed by atoms with E-state index in [1.54, 1.807) is 32.0 Å². The minimum absolute atomic E-state index is 0.372. The molecule has 0 spiro atoms. The number of hydrogen-bond acceptors (Lipinski definition) is 2. The Morgan fingerprint density at radius 1 is 1.15 bits per heavy atom. The number of ether oxygens (including phenoxy) is 1. The molecule has 0 heterocycles. The van der Waals surface area contributed by atoms with Crippen LogP contribution in [0.4, 0.5) is 4.39 Å². The summed E-state index contributed by atoms with van der Waals surface area (Å²) in [6.45, 7) is 5.14. The lowest BCUT2D eigenvalue weighted by Crippen LogP contribution is -1.99. The highest BCUT2D eigenvalue weighted by Crippen LogP contribution is 2.35. The molecule has 0 aliphatic rings. The zero-order chi connectivity index (χ0) is 14.9. The highest BCUT2D eigenvalue weighted by Gasteiger charge is 2.14. The van der Waals surface area contributed by atoms with Crippen LogP contribution in [-0.4, -0.2) is 5.11 Å². The quantitative estimate of drug-likeness (QED) is 0.868. The molecule has 1 atom stereocenters. The molecule has 0 aliphatic carbocycles. The largest absolute Gasteiger partial charge is 0.455 e. The van der Waals surface area contributed by atoms with Gasteiger partial charge >= 0.3 is 0 Å². The maximum Gasteiger partial charge on any atom is 0.146 e. The van der Waals surface area contributed by atoms with E-state index in [0.29, 0.717) is 27.6 Å². The van der Waals surface area contributed by atoms with Gasteiger partial charge in [-0.3, -0.25) is 0 Å². The van der Waals surface area contributed by atoms with E-state index < -0.39 is 6.10 Å². The van der Waals surface area contributed by atoms with Crippen molar-refractivity contribution in [2.24, 2.45) is 0 Å². The topological polar surface area (TPSA) is 29.5 Å². The highest BCUT2D eigenvalue weighted by atomic mass is 35.5. The first-order valence-electron chi connectivity index (χ1n) is 6.30. The molecule has 2 nitrogen and oxygen atoms in total. The predicted molar refractivity (Wildman–Crippen MR) is 78.0 cm³/mol. The summed E-state index contributed by atoms with van der Waals surface area (Å²) >= 11 is 6.12. The van der Waals surface area contributed by atoms with Crippen LogP contribution in [0.1, 0.15) is 29.7 Å². The molecule has 0 unspecified atom stereocenters. The summed E-state index contributed by atoms with van der Waals surface area (Å²) in [7, 11) is 0. The lowest BCUT2D eigenvalue weighted by Gasteiger charge is -2.15. The molecule has 2 rings (SSSR count). The minimum atomic E-state index is -0.829. The van der Waals surface area contributed by atoms with E-state index in [9.17, 15) is 9.50 Å². The summed E-state index contributed by atoms with van der Waals surface area (Å²) in [5.41, 5.74) is 1.87. The van der Waals surface area contributed by atoms with Crippen molar-refractivity contribution >= 4 is 11.6 Å². The fourth-order valence-corrected chi connectivity index (χ4v) is 2.17. The molecule has 1 N–H and O–H groups in total. The number of aryl methyl sites for hydroxylation is 2. The number of benzene rings is 2. The average Bonchev–Trinajstić information content (AvgIpc) is 2.36. The Morgan fingerprint density at radius 2 is 1.85 bits per heavy atom. The zero-order valence-corrected chi connectivity index (χ0v) is 12.3. The Kier molecular flexibility index (Phi) is 4.31. The van der Waals surface area contributed by atoms with Gasteiger partial charge in [0.15, 0.2) is 0 Å². The molecule has 2 aromatic carbocycles. The lowest BCUT2D eigenvalue weighted by molar-refractivity contribution is 0.195. The molecule has 20 heavy (non-hydrogen) atoms. The number of hydrogen-bond donors (Lipinski definition) is 1. The smallest absolute Gasteiger partial charge is 0.146 e. The lowest BCUT2D eigenvalue weighted by atomic mass is 10.1. The fraction of sp³-hybridized carbons (Fsp3) is 0.250. The van der Waals surface area contributed by atoms with E-state index in [-0.39, 0.29) is 5.82 Å². The van der Waals surface area contributed by atoms with Gasteiger partial charge in [-0.05, 0) is 56.2 Å². The summed E-state index contributed by atoms with van der Waals surface area (Å²) in [6.07, 6.45) is -0.829. The van der Waals surface area contributed by atoms with E-state index in [0.717, 1.165) is 5.56 Å². The molecular formula is C16H16ClFO2. The van der Waals surface area contributed by atoms with Crippen molar-refractivity contribution in [3.05, 3.63) is 57.9 Å². The number of halogens is 2. The molecule has 0 amide bonds. The molecule has 4 heteroatoms. The standard InChI is InChI=1S/C16H16ClFO2/c1-9-4-5-15(13(17)6-9)20-16-7-10(2)14(18)8-12(16)11(3)19/h4-8,11,19H,1-3H3/t11-/m1/s1. The Hall–Kier alpha value is -1.58. The van der Waals surface area contributed by atoms with Gasteiger partial charge in [0.1, 0.15) is 17.3 Å². The van der Waals surface area contributed by atoms with Gasteiger partial charge in [0, 0.05) is 5.56 Å². The number of aliphatic hydroxyl groups is 1. The maximum atomic E-state index is 13.6. The van der Waals surface area contributed by atoms with E-state index in [1.165, 1.54) is 6.07 Å². The second-order valence-corrected chi connectivity index (χ2v) is 5.26. The third kappa shape index (κ3) is 3.11. The minimum Gasteiger partial charge on any atom is -0.455 e. The van der Waals surface area contributed by atoms with Crippen LogP contribution in [-0.2, 0) is 0 Å². The number of rotatable bonds is 3. The molecule has 0 bridgehead atoms. The number of aliphatic hydroxyl groups excluding tert-OH is 1. The van der Waals surface area contributed by atoms with E-state index >= 15 is 0 Å². The zero-order valence-electron chi connectivity index (χ0n) is 11.6. The summed E-state index contributed by atoms with van der Waals surface area (Å²) in [5.74, 6) is 0.512. The molecular weight excluding hydrogens is 279 g/mol. The van der Waals surface area contributed by atoms with Crippen LogP contribution in [0.3, 0.4) is 0 Å². The van der Waals surface area contributed by atoms with Crippen molar-refractivity contribution in [3.8, 4) is 11.5 Å². The van der Waals surface area contributed by atoms with Crippen molar-refractivity contribution in [1.29, 1.82) is 0 Å². The van der Waals surface area contributed by atoms with Gasteiger partial charge in [-0.2, -0.15) is 0 Å². The van der Waals surface area contributed by atoms with Crippen molar-refractivity contribution in [3.63, 3.8) is 0 Å². The molecule has 106 valence electrons. The van der Waals surface area contributed by atoms with Crippen LogP contribution in [0, 0.1) is 19.7 Å². The van der Waals surface area contributed by atoms with E-state index in [1.807, 2.05) is 13.0 Å². The Bertz CT molecular complexity index is 639. The monoisotopic (exact) mass is 294 g/mol. The van der Waals surface area contributed by atoms with Crippen molar-refractivity contribution in [2.45, 2.75) is 26.9 Å². The molecule has 0 aromatic heterocycles. The van der Waals surface area contributed by atoms with Crippen LogP contribution in [0.25, 0.3) is 0 Å². The Morgan fingerprint density at radius 3 is 2.45 bits per heavy atom. The first-order valence-corrected chi connectivity index (χ1v) is 6.68. The summed E-state index contributed by atoms with van der Waals surface area (Å²) in [5, 5.41) is 10.2. The second kappa shape index (κ2) is 5.81. The molecule has 0 radical (unpaired) electrons. The molecule has 0 fully saturated rings. The predicted octanol–water partition coefficient (Wildman–Crippen LogP) is 4.94. The van der Waals surface area contributed by atoms with Crippen LogP contribution in [0.5, 0.6) is 11.5 Å². The van der Waals surface area contributed by atoms with Crippen molar-refractivity contribution in [2.75, 3.05) is 0 Å². The van der Waals surface area contributed by atoms with Crippen molar-refractivity contribution in [1.82, 2.24) is 0 Å². The molecule has 2 aromatic rings. The van der Waals surface area contributed by atoms with Gasteiger partial charge in [-0.1, -0.05) is 17.7 Å². The van der Waals surface area contributed by atoms with Gasteiger partial charge in [-0.25, -0.2) is 4.39 Å². The van der Waals surface area contributed by atoms with Gasteiger partial charge < -0.3 is 9.84 Å². The highest BCUT2D eigenvalue weighted by molar-refractivity contribution is 6.32. The van der Waals surface area contributed by atoms with Crippen LogP contribution in [0.15, 0.2) is 30.3 Å². The second-order valence-electron chi connectivity index (χ2n) is 4.85. The molecule has 0 saturated carbocycles. The van der Waals surface area contributed by atoms with Gasteiger partial charge in [0.05, 0.1) is 11.1 Å². The SMILES string of the molecule is Cc1ccc(Oc2cc(C)c(F)cc2[C@@H](C)O)c(Cl)c1. The Balaban J connectivity index is 2.44. The average molecular weight is 295 g/mol. The first kappa shape index (κ1) is 14.8. The molecule has 0 aliphatic heterocycles. The van der Waals surface area contributed by atoms with Crippen LogP contribution < -0.4 is 4.74 Å². The van der Waals surface area contributed by atoms with Gasteiger partial charge in [0.2, 0.25) is 0 Å². The summed E-state index contributed by atoms with van der Waals surface area (Å²) < 4.78 is 19.3. The summed E-state index contributed by atoms with van der Waals surface area (Å²) in [6, 6.07) is 8.27. The first-order chi connectivity index (χ1) is 9.38.